The largest absolute Gasteiger partial charge is 0.395 e. The molecule has 0 aromatic heterocycles. The topological polar surface area (TPSA) is 43.7 Å². The van der Waals surface area contributed by atoms with Crippen LogP contribution in [0.3, 0.4) is 0 Å². The van der Waals surface area contributed by atoms with Crippen LogP contribution in [0.25, 0.3) is 0 Å². The van der Waals surface area contributed by atoms with E-state index in [2.05, 4.69) is 32.6 Å². The average Bonchev–Trinajstić information content (AvgIpc) is 1.98. The monoisotopic (exact) mass is 175 g/mol. The summed E-state index contributed by atoms with van der Waals surface area (Å²) in [5, 5.41) is 18.0. The van der Waals surface area contributed by atoms with E-state index < -0.39 is 0 Å². The molecule has 0 aromatic rings. The Morgan fingerprint density at radius 2 is 1.25 bits per heavy atom. The van der Waals surface area contributed by atoms with E-state index in [-0.39, 0.29) is 19.3 Å². The Balaban J connectivity index is 4.26. The molecule has 2 N–H and O–H groups in total. The van der Waals surface area contributed by atoms with Gasteiger partial charge in [-0.25, -0.2) is 0 Å². The molecule has 0 heterocycles. The van der Waals surface area contributed by atoms with Crippen molar-refractivity contribution in [2.75, 3.05) is 13.2 Å². The molecule has 0 aliphatic heterocycles. The zero-order valence-corrected chi connectivity index (χ0v) is 8.49. The Labute approximate surface area is 75.0 Å². The van der Waals surface area contributed by atoms with Gasteiger partial charge in [-0.15, -0.1) is 0 Å². The molecule has 0 aromatic carbocycles. The molecule has 0 bridgehead atoms. The number of aliphatic hydroxyl groups is 2. The summed E-state index contributed by atoms with van der Waals surface area (Å²) in [6, 6.07) is 0.591. The van der Waals surface area contributed by atoms with E-state index in [0.717, 1.165) is 0 Å². The minimum Gasteiger partial charge on any atom is -0.395 e. The molecule has 0 aliphatic carbocycles. The molecule has 0 rings (SSSR count). The number of hydrogen-bond donors (Lipinski definition) is 2. The second kappa shape index (κ2) is 5.51. The van der Waals surface area contributed by atoms with Crippen LogP contribution in [0.5, 0.6) is 0 Å². The van der Waals surface area contributed by atoms with Gasteiger partial charge in [-0.1, -0.05) is 0 Å². The van der Waals surface area contributed by atoms with Crippen LogP contribution in [0.15, 0.2) is 0 Å². The molecule has 12 heavy (non-hydrogen) atoms. The molecule has 0 spiro atoms. The summed E-state index contributed by atoms with van der Waals surface area (Å²) >= 11 is 0. The van der Waals surface area contributed by atoms with Crippen molar-refractivity contribution in [1.29, 1.82) is 0 Å². The first-order chi connectivity index (χ1) is 5.54. The molecule has 3 nitrogen and oxygen atoms in total. The third-order valence-electron chi connectivity index (χ3n) is 2.04. The standard InChI is InChI=1S/C9H21NO2/c1-7(2)10(8(3)4)9(5-11)6-12/h7-9,11-12H,5-6H2,1-4H3. The molecular formula is C9H21NO2. The lowest BCUT2D eigenvalue weighted by Crippen LogP contribution is -2.48. The van der Waals surface area contributed by atoms with Gasteiger partial charge in [0.1, 0.15) is 0 Å². The molecule has 0 radical (unpaired) electrons. The van der Waals surface area contributed by atoms with E-state index >= 15 is 0 Å². The highest BCUT2D eigenvalue weighted by Gasteiger charge is 2.21. The van der Waals surface area contributed by atoms with E-state index in [1.54, 1.807) is 0 Å². The summed E-state index contributed by atoms with van der Waals surface area (Å²) < 4.78 is 0. The Bertz CT molecular complexity index is 103. The fraction of sp³-hybridized carbons (Fsp3) is 1.00. The Morgan fingerprint density at radius 1 is 0.917 bits per heavy atom. The minimum atomic E-state index is -0.120. The van der Waals surface area contributed by atoms with Crippen molar-refractivity contribution >= 4 is 0 Å². The Hall–Kier alpha value is -0.120. The third-order valence-corrected chi connectivity index (χ3v) is 2.04. The Morgan fingerprint density at radius 3 is 1.33 bits per heavy atom. The second-order valence-corrected chi connectivity index (χ2v) is 3.65. The van der Waals surface area contributed by atoms with Gasteiger partial charge in [0.2, 0.25) is 0 Å². The maximum absolute atomic E-state index is 8.99. The summed E-state index contributed by atoms with van der Waals surface area (Å²) in [4.78, 5) is 2.11. The van der Waals surface area contributed by atoms with Crippen LogP contribution in [-0.2, 0) is 0 Å². The van der Waals surface area contributed by atoms with Crippen molar-refractivity contribution in [3.63, 3.8) is 0 Å². The molecular weight excluding hydrogens is 154 g/mol. The van der Waals surface area contributed by atoms with Crippen molar-refractivity contribution in [3.05, 3.63) is 0 Å². The van der Waals surface area contributed by atoms with Crippen LogP contribution in [0.4, 0.5) is 0 Å². The molecule has 0 saturated carbocycles. The van der Waals surface area contributed by atoms with Gasteiger partial charge in [-0.2, -0.15) is 0 Å². The first kappa shape index (κ1) is 11.9. The normalized spacial score (nSPS) is 12.5. The summed E-state index contributed by atoms with van der Waals surface area (Å²) in [7, 11) is 0. The molecule has 0 saturated heterocycles. The van der Waals surface area contributed by atoms with Gasteiger partial charge in [0, 0.05) is 12.1 Å². The highest BCUT2D eigenvalue weighted by Crippen LogP contribution is 2.09. The fourth-order valence-electron chi connectivity index (χ4n) is 1.69. The quantitative estimate of drug-likeness (QED) is 0.638. The number of aliphatic hydroxyl groups excluding tert-OH is 2. The number of hydrogen-bond acceptors (Lipinski definition) is 3. The molecule has 3 heteroatoms. The van der Waals surface area contributed by atoms with E-state index in [1.165, 1.54) is 0 Å². The van der Waals surface area contributed by atoms with Crippen molar-refractivity contribution in [2.45, 2.75) is 45.8 Å². The van der Waals surface area contributed by atoms with Gasteiger partial charge < -0.3 is 10.2 Å². The van der Waals surface area contributed by atoms with E-state index in [0.29, 0.717) is 12.1 Å². The summed E-state index contributed by atoms with van der Waals surface area (Å²) in [5.41, 5.74) is 0. The highest BCUT2D eigenvalue weighted by atomic mass is 16.3. The minimum absolute atomic E-state index is 0.0207. The maximum Gasteiger partial charge on any atom is 0.0609 e. The average molecular weight is 175 g/mol. The summed E-state index contributed by atoms with van der Waals surface area (Å²) in [6.07, 6.45) is 0. The number of rotatable bonds is 5. The molecule has 0 fully saturated rings. The van der Waals surface area contributed by atoms with Crippen LogP contribution >= 0.6 is 0 Å². The lowest BCUT2D eigenvalue weighted by molar-refractivity contribution is 0.0317. The number of nitrogens with zero attached hydrogens (tertiary/aromatic N) is 1. The van der Waals surface area contributed by atoms with E-state index in [9.17, 15) is 0 Å². The lowest BCUT2D eigenvalue weighted by atomic mass is 10.1. The zero-order valence-electron chi connectivity index (χ0n) is 8.49. The summed E-state index contributed by atoms with van der Waals surface area (Å²) in [5.74, 6) is 0. The van der Waals surface area contributed by atoms with E-state index in [1.807, 2.05) is 0 Å². The molecule has 0 amide bonds. The first-order valence-electron chi connectivity index (χ1n) is 4.53. The molecule has 0 atom stereocenters. The van der Waals surface area contributed by atoms with Gasteiger partial charge in [-0.3, -0.25) is 4.90 Å². The van der Waals surface area contributed by atoms with Gasteiger partial charge >= 0.3 is 0 Å². The van der Waals surface area contributed by atoms with Crippen LogP contribution in [0.1, 0.15) is 27.7 Å². The zero-order chi connectivity index (χ0) is 9.72. The predicted molar refractivity (Wildman–Crippen MR) is 50.1 cm³/mol. The van der Waals surface area contributed by atoms with Gasteiger partial charge in [0.05, 0.1) is 19.3 Å². The highest BCUT2D eigenvalue weighted by molar-refractivity contribution is 4.76. The van der Waals surface area contributed by atoms with Crippen molar-refractivity contribution < 1.29 is 10.2 Å². The van der Waals surface area contributed by atoms with Gasteiger partial charge in [-0.05, 0) is 27.7 Å². The smallest absolute Gasteiger partial charge is 0.0609 e. The molecule has 0 aliphatic rings. The van der Waals surface area contributed by atoms with Gasteiger partial charge in [0.15, 0.2) is 0 Å². The lowest BCUT2D eigenvalue weighted by Gasteiger charge is -2.36. The Kier molecular flexibility index (Phi) is 5.46. The summed E-state index contributed by atoms with van der Waals surface area (Å²) in [6.45, 7) is 8.31. The second-order valence-electron chi connectivity index (χ2n) is 3.65. The van der Waals surface area contributed by atoms with Crippen LogP contribution in [0, 0.1) is 0 Å². The van der Waals surface area contributed by atoms with Crippen molar-refractivity contribution in [2.24, 2.45) is 0 Å². The van der Waals surface area contributed by atoms with Crippen LogP contribution < -0.4 is 0 Å². The van der Waals surface area contributed by atoms with Crippen LogP contribution in [-0.4, -0.2) is 46.5 Å². The van der Waals surface area contributed by atoms with Gasteiger partial charge in [0.25, 0.3) is 0 Å². The van der Waals surface area contributed by atoms with E-state index in [4.69, 9.17) is 10.2 Å². The van der Waals surface area contributed by atoms with Crippen LogP contribution in [0.2, 0.25) is 0 Å². The molecule has 74 valence electrons. The van der Waals surface area contributed by atoms with Crippen molar-refractivity contribution in [3.8, 4) is 0 Å². The molecule has 0 unspecified atom stereocenters. The first-order valence-corrected chi connectivity index (χ1v) is 4.53. The predicted octanol–water partition coefficient (Wildman–Crippen LogP) is 0.458. The maximum atomic E-state index is 8.99. The SMILES string of the molecule is CC(C)N(C(C)C)C(CO)CO. The third kappa shape index (κ3) is 3.09. The fourth-order valence-corrected chi connectivity index (χ4v) is 1.69. The van der Waals surface area contributed by atoms with Crippen molar-refractivity contribution in [1.82, 2.24) is 4.90 Å².